The van der Waals surface area contributed by atoms with E-state index < -0.39 is 0 Å². The molecule has 114 valence electrons. The van der Waals surface area contributed by atoms with E-state index in [1.807, 2.05) is 6.07 Å². The maximum absolute atomic E-state index is 12.9. The van der Waals surface area contributed by atoms with Crippen LogP contribution in [0.1, 0.15) is 50.4 Å². The van der Waals surface area contributed by atoms with Crippen molar-refractivity contribution < 1.29 is 4.79 Å². The Bertz CT molecular complexity index is 564. The van der Waals surface area contributed by atoms with E-state index in [0.717, 1.165) is 12.8 Å². The molecule has 0 aromatic heterocycles. The first-order chi connectivity index (χ1) is 9.75. The number of rotatable bonds is 3. The first-order valence-corrected chi connectivity index (χ1v) is 9.37. The average molecular weight is 414 g/mol. The van der Waals surface area contributed by atoms with Crippen LogP contribution in [0.4, 0.5) is 0 Å². The molecule has 3 heteroatoms. The van der Waals surface area contributed by atoms with Crippen LogP contribution >= 0.6 is 31.9 Å². The number of carbonyl (C=O) groups excluding carboxylic acids is 1. The van der Waals surface area contributed by atoms with Gasteiger partial charge in [0.05, 0.1) is 14.6 Å². The van der Waals surface area contributed by atoms with Gasteiger partial charge in [-0.1, -0.05) is 76.0 Å². The Hall–Kier alpha value is -0.150. The van der Waals surface area contributed by atoms with Gasteiger partial charge in [-0.2, -0.15) is 0 Å². The molecule has 21 heavy (non-hydrogen) atoms. The SMILES string of the molecule is CC1(C)C2CCC1(C(C)(Br)C(Br)c1ccccc1)C(=O)C2. The zero-order chi connectivity index (χ0) is 15.5. The van der Waals surface area contributed by atoms with Crippen LogP contribution in [0.25, 0.3) is 0 Å². The van der Waals surface area contributed by atoms with Gasteiger partial charge in [-0.15, -0.1) is 0 Å². The first kappa shape index (κ1) is 15.7. The lowest BCUT2D eigenvalue weighted by Gasteiger charge is -2.49. The monoisotopic (exact) mass is 412 g/mol. The van der Waals surface area contributed by atoms with Crippen LogP contribution in [0.5, 0.6) is 0 Å². The van der Waals surface area contributed by atoms with E-state index in [2.05, 4.69) is 76.9 Å². The molecule has 0 heterocycles. The number of Topliss-reactive ketones (excluding diaryl/α,β-unsaturated/α-hetero) is 1. The molecular formula is C18H22Br2O. The minimum Gasteiger partial charge on any atom is -0.299 e. The first-order valence-electron chi connectivity index (χ1n) is 7.66. The quantitative estimate of drug-likeness (QED) is 0.583. The maximum Gasteiger partial charge on any atom is 0.141 e. The van der Waals surface area contributed by atoms with Gasteiger partial charge in [-0.05, 0) is 36.7 Å². The number of benzene rings is 1. The molecule has 2 saturated carbocycles. The summed E-state index contributed by atoms with van der Waals surface area (Å²) in [5.74, 6) is 0.987. The molecule has 0 N–H and O–H groups in total. The summed E-state index contributed by atoms with van der Waals surface area (Å²) in [6.07, 6.45) is 2.93. The van der Waals surface area contributed by atoms with Gasteiger partial charge in [0.25, 0.3) is 0 Å². The fraction of sp³-hybridized carbons (Fsp3) is 0.611. The summed E-state index contributed by atoms with van der Waals surface area (Å²) in [6, 6.07) is 10.4. The fourth-order valence-electron chi connectivity index (χ4n) is 4.97. The third-order valence-electron chi connectivity index (χ3n) is 6.30. The van der Waals surface area contributed by atoms with Crippen molar-refractivity contribution >= 4 is 37.6 Å². The molecule has 1 nitrogen and oxygen atoms in total. The number of ketones is 1. The molecule has 2 fully saturated rings. The number of halogens is 2. The van der Waals surface area contributed by atoms with Gasteiger partial charge in [0.15, 0.2) is 0 Å². The average Bonchev–Trinajstić information content (AvgIpc) is 2.82. The topological polar surface area (TPSA) is 17.1 Å². The van der Waals surface area contributed by atoms with Crippen LogP contribution in [0, 0.1) is 16.7 Å². The van der Waals surface area contributed by atoms with Crippen molar-refractivity contribution in [2.75, 3.05) is 0 Å². The molecule has 3 rings (SSSR count). The molecule has 1 aromatic carbocycles. The smallest absolute Gasteiger partial charge is 0.141 e. The highest BCUT2D eigenvalue weighted by atomic mass is 79.9. The van der Waals surface area contributed by atoms with E-state index in [0.29, 0.717) is 11.7 Å². The van der Waals surface area contributed by atoms with Crippen molar-refractivity contribution in [3.8, 4) is 0 Å². The summed E-state index contributed by atoms with van der Waals surface area (Å²) < 4.78 is -0.285. The summed E-state index contributed by atoms with van der Waals surface area (Å²) in [5, 5.41) is 0. The van der Waals surface area contributed by atoms with E-state index in [4.69, 9.17) is 0 Å². The number of hydrogen-bond donors (Lipinski definition) is 0. The molecule has 0 radical (unpaired) electrons. The highest BCUT2D eigenvalue weighted by molar-refractivity contribution is 9.12. The van der Waals surface area contributed by atoms with E-state index in [9.17, 15) is 4.79 Å². The molecule has 2 bridgehead atoms. The molecule has 2 aliphatic rings. The van der Waals surface area contributed by atoms with Crippen molar-refractivity contribution in [2.45, 2.75) is 49.2 Å². The van der Waals surface area contributed by atoms with Crippen molar-refractivity contribution in [3.63, 3.8) is 0 Å². The third-order valence-corrected chi connectivity index (χ3v) is 9.49. The molecule has 1 aromatic rings. The second-order valence-corrected chi connectivity index (χ2v) is 9.90. The van der Waals surface area contributed by atoms with Crippen LogP contribution in [-0.2, 0) is 4.79 Å². The Labute approximate surface area is 144 Å². The Kier molecular flexibility index (Phi) is 3.69. The van der Waals surface area contributed by atoms with Crippen LogP contribution in [0.2, 0.25) is 0 Å². The zero-order valence-corrected chi connectivity index (χ0v) is 16.0. The lowest BCUT2D eigenvalue weighted by Crippen LogP contribution is -2.52. The largest absolute Gasteiger partial charge is 0.299 e. The third kappa shape index (κ3) is 1.89. The van der Waals surface area contributed by atoms with Crippen molar-refractivity contribution in [1.29, 1.82) is 0 Å². The van der Waals surface area contributed by atoms with Crippen molar-refractivity contribution in [2.24, 2.45) is 16.7 Å². The lowest BCUT2D eigenvalue weighted by molar-refractivity contribution is -0.131. The second-order valence-electron chi connectivity index (χ2n) is 7.34. The summed E-state index contributed by atoms with van der Waals surface area (Å²) in [6.45, 7) is 6.78. The summed E-state index contributed by atoms with van der Waals surface area (Å²) in [4.78, 5) is 13.0. The maximum atomic E-state index is 12.9. The van der Waals surface area contributed by atoms with Gasteiger partial charge in [0.2, 0.25) is 0 Å². The molecule has 0 aliphatic heterocycles. The number of carbonyl (C=O) groups is 1. The Morgan fingerprint density at radius 3 is 2.38 bits per heavy atom. The summed E-state index contributed by atoms with van der Waals surface area (Å²) >= 11 is 7.90. The van der Waals surface area contributed by atoms with Crippen molar-refractivity contribution in [3.05, 3.63) is 35.9 Å². The van der Waals surface area contributed by atoms with Gasteiger partial charge < -0.3 is 0 Å². The number of alkyl halides is 2. The highest BCUT2D eigenvalue weighted by Gasteiger charge is 2.71. The van der Waals surface area contributed by atoms with Gasteiger partial charge >= 0.3 is 0 Å². The Balaban J connectivity index is 2.07. The van der Waals surface area contributed by atoms with Crippen LogP contribution in [0.15, 0.2) is 30.3 Å². The van der Waals surface area contributed by atoms with Gasteiger partial charge in [-0.3, -0.25) is 4.79 Å². The number of fused-ring (bicyclic) bond motifs is 2. The highest BCUT2D eigenvalue weighted by Crippen LogP contribution is 2.72. The second kappa shape index (κ2) is 4.92. The predicted octanol–water partition coefficient (Wildman–Crippen LogP) is 5.67. The fourth-order valence-corrected chi connectivity index (χ4v) is 6.87. The lowest BCUT2D eigenvalue weighted by atomic mass is 9.60. The van der Waals surface area contributed by atoms with E-state index in [1.54, 1.807) is 0 Å². The minimum absolute atomic E-state index is 0.0587. The van der Waals surface area contributed by atoms with Crippen LogP contribution < -0.4 is 0 Å². The molecule has 2 aliphatic carbocycles. The minimum atomic E-state index is -0.285. The zero-order valence-electron chi connectivity index (χ0n) is 12.8. The molecule has 0 amide bonds. The molecule has 0 spiro atoms. The van der Waals surface area contributed by atoms with Crippen molar-refractivity contribution in [1.82, 2.24) is 0 Å². The number of hydrogen-bond acceptors (Lipinski definition) is 1. The summed E-state index contributed by atoms with van der Waals surface area (Å²) in [5.41, 5.74) is 1.00. The molecule has 0 saturated heterocycles. The Morgan fingerprint density at radius 2 is 1.90 bits per heavy atom. The standard InChI is InChI=1S/C18H22Br2O/c1-16(2)13-9-10-18(16,14(21)11-13)17(3,20)15(19)12-7-5-4-6-8-12/h4-8,13,15H,9-11H2,1-3H3. The van der Waals surface area contributed by atoms with Crippen LogP contribution in [-0.4, -0.2) is 10.1 Å². The van der Waals surface area contributed by atoms with Gasteiger partial charge in [-0.25, -0.2) is 0 Å². The molecule has 4 atom stereocenters. The van der Waals surface area contributed by atoms with E-state index in [1.165, 1.54) is 12.0 Å². The summed E-state index contributed by atoms with van der Waals surface area (Å²) in [7, 11) is 0. The molecular weight excluding hydrogens is 392 g/mol. The van der Waals surface area contributed by atoms with E-state index in [-0.39, 0.29) is 20.0 Å². The predicted molar refractivity (Wildman–Crippen MR) is 94.0 cm³/mol. The van der Waals surface area contributed by atoms with Crippen LogP contribution in [0.3, 0.4) is 0 Å². The van der Waals surface area contributed by atoms with Gasteiger partial charge in [0, 0.05) is 6.42 Å². The normalized spacial score (nSPS) is 34.7. The van der Waals surface area contributed by atoms with E-state index >= 15 is 0 Å². The van der Waals surface area contributed by atoms with Gasteiger partial charge in [0.1, 0.15) is 5.78 Å². The molecule has 4 unspecified atom stereocenters. The Morgan fingerprint density at radius 1 is 1.29 bits per heavy atom.